The molecule has 0 aliphatic heterocycles. The molecular weight excluding hydrogens is 316 g/mol. The van der Waals surface area contributed by atoms with E-state index in [2.05, 4.69) is 49.4 Å². The Morgan fingerprint density at radius 1 is 1.35 bits per heavy atom. The molecule has 0 saturated heterocycles. The van der Waals surface area contributed by atoms with Crippen LogP contribution in [0.4, 0.5) is 0 Å². The number of H-pyrrole nitrogens is 1. The Balaban J connectivity index is 1.66. The summed E-state index contributed by atoms with van der Waals surface area (Å²) in [5.74, 6) is 0.553. The average Bonchev–Trinajstić information content (AvgIpc) is 3.04. The van der Waals surface area contributed by atoms with Gasteiger partial charge in [-0.3, -0.25) is 0 Å². The minimum absolute atomic E-state index is 0.511. The number of halogens is 1. The first-order chi connectivity index (χ1) is 9.70. The first-order valence-corrected chi connectivity index (χ1v) is 7.83. The molecule has 20 heavy (non-hydrogen) atoms. The lowest BCUT2D eigenvalue weighted by Crippen LogP contribution is -2.38. The summed E-state index contributed by atoms with van der Waals surface area (Å²) in [6, 6.07) is 8.82. The van der Waals surface area contributed by atoms with Crippen LogP contribution >= 0.6 is 15.9 Å². The molecule has 1 saturated carbocycles. The molecule has 0 spiro atoms. The maximum absolute atomic E-state index is 5.94. The molecule has 1 heterocycles. The second kappa shape index (κ2) is 5.87. The summed E-state index contributed by atoms with van der Waals surface area (Å²) in [4.78, 5) is 7.78. The Kier molecular flexibility index (Phi) is 3.96. The second-order valence-electron chi connectivity index (χ2n) is 5.35. The Hall–Kier alpha value is -1.49. The smallest absolute Gasteiger partial charge is 0.189 e. The summed E-state index contributed by atoms with van der Waals surface area (Å²) in [5, 5.41) is 4.49. The fraction of sp³-hybridized carbons (Fsp3) is 0.400. The highest BCUT2D eigenvalue weighted by Crippen LogP contribution is 2.21. The number of aromatic amines is 1. The van der Waals surface area contributed by atoms with Crippen molar-refractivity contribution in [1.82, 2.24) is 10.3 Å². The minimum atomic E-state index is 0.511. The van der Waals surface area contributed by atoms with E-state index in [0.717, 1.165) is 15.7 Å². The lowest BCUT2D eigenvalue weighted by atomic mass is 10.2. The molecule has 1 aliphatic carbocycles. The van der Waals surface area contributed by atoms with Gasteiger partial charge in [0.1, 0.15) is 0 Å². The van der Waals surface area contributed by atoms with Gasteiger partial charge in [0, 0.05) is 27.1 Å². The van der Waals surface area contributed by atoms with Crippen molar-refractivity contribution in [3.8, 4) is 0 Å². The molecule has 1 aromatic carbocycles. The molecule has 4 nitrogen and oxygen atoms in total. The number of fused-ring (bicyclic) bond motifs is 1. The van der Waals surface area contributed by atoms with E-state index in [1.54, 1.807) is 0 Å². The van der Waals surface area contributed by atoms with Crippen LogP contribution in [-0.2, 0) is 6.54 Å². The number of rotatable bonds is 3. The standard InChI is InChI=1S/C15H19BrN4/c16-11-5-6-14-10(7-11)8-13(19-14)9-18-15(17)20-12-3-1-2-4-12/h5-8,12,19H,1-4,9H2,(H3,17,18,20). The monoisotopic (exact) mass is 334 g/mol. The van der Waals surface area contributed by atoms with E-state index in [9.17, 15) is 0 Å². The van der Waals surface area contributed by atoms with E-state index in [-0.39, 0.29) is 0 Å². The zero-order chi connectivity index (χ0) is 13.9. The zero-order valence-corrected chi connectivity index (χ0v) is 12.9. The molecule has 1 aromatic heterocycles. The fourth-order valence-electron chi connectivity index (χ4n) is 2.74. The van der Waals surface area contributed by atoms with Crippen LogP contribution < -0.4 is 11.1 Å². The van der Waals surface area contributed by atoms with Crippen molar-refractivity contribution in [1.29, 1.82) is 0 Å². The fourth-order valence-corrected chi connectivity index (χ4v) is 3.12. The predicted octanol–water partition coefficient (Wildman–Crippen LogP) is 3.28. The van der Waals surface area contributed by atoms with Gasteiger partial charge in [-0.25, -0.2) is 4.99 Å². The zero-order valence-electron chi connectivity index (χ0n) is 11.3. The maximum atomic E-state index is 5.94. The highest BCUT2D eigenvalue weighted by Gasteiger charge is 2.14. The number of aromatic nitrogens is 1. The molecule has 2 aromatic rings. The number of nitrogens with zero attached hydrogens (tertiary/aromatic N) is 1. The summed E-state index contributed by atoms with van der Waals surface area (Å²) in [7, 11) is 0. The minimum Gasteiger partial charge on any atom is -0.370 e. The summed E-state index contributed by atoms with van der Waals surface area (Å²) >= 11 is 3.48. The highest BCUT2D eigenvalue weighted by atomic mass is 79.9. The summed E-state index contributed by atoms with van der Waals surface area (Å²) in [5.41, 5.74) is 8.14. The van der Waals surface area contributed by atoms with Gasteiger partial charge in [-0.15, -0.1) is 0 Å². The van der Waals surface area contributed by atoms with Gasteiger partial charge in [0.2, 0.25) is 0 Å². The van der Waals surface area contributed by atoms with Gasteiger partial charge in [0.15, 0.2) is 5.96 Å². The molecule has 5 heteroatoms. The predicted molar refractivity (Wildman–Crippen MR) is 86.7 cm³/mol. The molecular formula is C15H19BrN4. The number of nitrogens with two attached hydrogens (primary N) is 1. The summed E-state index contributed by atoms with van der Waals surface area (Å²) in [6.07, 6.45) is 5.00. The maximum Gasteiger partial charge on any atom is 0.189 e. The number of hydrogen-bond donors (Lipinski definition) is 3. The van der Waals surface area contributed by atoms with Crippen LogP contribution in [0, 0.1) is 0 Å². The molecule has 0 radical (unpaired) electrons. The normalized spacial score (nSPS) is 16.9. The molecule has 1 fully saturated rings. The van der Waals surface area contributed by atoms with Crippen molar-refractivity contribution < 1.29 is 0 Å². The third-order valence-electron chi connectivity index (χ3n) is 3.77. The Labute approximate surface area is 127 Å². The molecule has 0 bridgehead atoms. The number of nitrogens with one attached hydrogen (secondary N) is 2. The number of guanidine groups is 1. The molecule has 1 aliphatic rings. The average molecular weight is 335 g/mol. The van der Waals surface area contributed by atoms with E-state index in [0.29, 0.717) is 18.5 Å². The SMILES string of the molecule is NC(=NCc1cc2cc(Br)ccc2[nH]1)NC1CCCC1. The van der Waals surface area contributed by atoms with Crippen molar-refractivity contribution in [2.75, 3.05) is 0 Å². The van der Waals surface area contributed by atoms with Gasteiger partial charge in [-0.1, -0.05) is 28.8 Å². The quantitative estimate of drug-likeness (QED) is 0.595. The van der Waals surface area contributed by atoms with Crippen molar-refractivity contribution in [3.05, 3.63) is 34.4 Å². The first-order valence-electron chi connectivity index (χ1n) is 7.04. The van der Waals surface area contributed by atoms with E-state index in [1.165, 1.54) is 31.1 Å². The van der Waals surface area contributed by atoms with E-state index < -0.39 is 0 Å². The van der Waals surface area contributed by atoms with Crippen LogP contribution in [0.2, 0.25) is 0 Å². The van der Waals surface area contributed by atoms with Crippen LogP contribution in [0.1, 0.15) is 31.4 Å². The van der Waals surface area contributed by atoms with Crippen LogP contribution in [0.5, 0.6) is 0 Å². The van der Waals surface area contributed by atoms with Crippen molar-refractivity contribution in [2.24, 2.45) is 10.7 Å². The lowest BCUT2D eigenvalue weighted by molar-refractivity contribution is 0.625. The van der Waals surface area contributed by atoms with Crippen molar-refractivity contribution in [3.63, 3.8) is 0 Å². The van der Waals surface area contributed by atoms with Crippen LogP contribution in [0.15, 0.2) is 33.7 Å². The van der Waals surface area contributed by atoms with E-state index in [4.69, 9.17) is 5.73 Å². The van der Waals surface area contributed by atoms with Gasteiger partial charge in [-0.2, -0.15) is 0 Å². The topological polar surface area (TPSA) is 66.2 Å². The summed E-state index contributed by atoms with van der Waals surface area (Å²) < 4.78 is 1.08. The molecule has 0 amide bonds. The third kappa shape index (κ3) is 3.15. The van der Waals surface area contributed by atoms with Gasteiger partial charge in [0.05, 0.1) is 6.54 Å². The summed E-state index contributed by atoms with van der Waals surface area (Å²) in [6.45, 7) is 0.581. The second-order valence-corrected chi connectivity index (χ2v) is 6.27. The molecule has 4 N–H and O–H groups in total. The third-order valence-corrected chi connectivity index (χ3v) is 4.26. The molecule has 106 valence electrons. The van der Waals surface area contributed by atoms with Crippen LogP contribution in [0.25, 0.3) is 10.9 Å². The van der Waals surface area contributed by atoms with Crippen LogP contribution in [0.3, 0.4) is 0 Å². The number of benzene rings is 1. The van der Waals surface area contributed by atoms with Gasteiger partial charge >= 0.3 is 0 Å². The Morgan fingerprint density at radius 2 is 2.15 bits per heavy atom. The molecule has 0 atom stereocenters. The first kappa shape index (κ1) is 13.5. The van der Waals surface area contributed by atoms with Crippen molar-refractivity contribution >= 4 is 32.8 Å². The van der Waals surface area contributed by atoms with Gasteiger partial charge < -0.3 is 16.0 Å². The number of hydrogen-bond acceptors (Lipinski definition) is 1. The highest BCUT2D eigenvalue weighted by molar-refractivity contribution is 9.10. The lowest BCUT2D eigenvalue weighted by Gasteiger charge is -2.11. The Morgan fingerprint density at radius 3 is 2.95 bits per heavy atom. The van der Waals surface area contributed by atoms with Gasteiger partial charge in [-0.05, 0) is 37.1 Å². The Bertz CT molecular complexity index is 626. The largest absolute Gasteiger partial charge is 0.370 e. The van der Waals surface area contributed by atoms with E-state index in [1.807, 2.05) is 6.07 Å². The van der Waals surface area contributed by atoms with E-state index >= 15 is 0 Å². The molecule has 3 rings (SSSR count). The molecule has 0 unspecified atom stereocenters. The number of aliphatic imine (C=N–C) groups is 1. The van der Waals surface area contributed by atoms with Crippen molar-refractivity contribution in [2.45, 2.75) is 38.3 Å². The van der Waals surface area contributed by atoms with Gasteiger partial charge in [0.25, 0.3) is 0 Å². The van der Waals surface area contributed by atoms with Crippen LogP contribution in [-0.4, -0.2) is 17.0 Å².